The van der Waals surface area contributed by atoms with Gasteiger partial charge in [-0.1, -0.05) is 72.8 Å². The number of rotatable bonds is 7. The molecule has 0 spiro atoms. The van der Waals surface area contributed by atoms with Crippen LogP contribution in [0.3, 0.4) is 0 Å². The minimum Gasteiger partial charge on any atom is -0.463 e. The third-order valence-corrected chi connectivity index (χ3v) is 6.25. The Hall–Kier alpha value is -3.45. The Balaban J connectivity index is 1.77. The predicted octanol–water partition coefficient (Wildman–Crippen LogP) is 3.93. The Morgan fingerprint density at radius 1 is 1.00 bits per heavy atom. The summed E-state index contributed by atoms with van der Waals surface area (Å²) in [6.45, 7) is 0.444. The smallest absolute Gasteiger partial charge is 0.305 e. The summed E-state index contributed by atoms with van der Waals surface area (Å²) in [5.41, 5.74) is 1.79. The zero-order valence-corrected chi connectivity index (χ0v) is 20.7. The van der Waals surface area contributed by atoms with Gasteiger partial charge in [-0.25, -0.2) is 0 Å². The molecule has 1 heterocycles. The van der Waals surface area contributed by atoms with Crippen LogP contribution in [0.2, 0.25) is 0 Å². The van der Waals surface area contributed by atoms with Gasteiger partial charge in [-0.3, -0.25) is 14.4 Å². The van der Waals surface area contributed by atoms with Crippen molar-refractivity contribution < 1.29 is 24.2 Å². The number of hydrogen-bond donors (Lipinski definition) is 2. The molecule has 2 aromatic rings. The van der Waals surface area contributed by atoms with E-state index >= 15 is 0 Å². The monoisotopic (exact) mass is 492 g/mol. The zero-order valence-electron chi connectivity index (χ0n) is 20.7. The molecule has 0 radical (unpaired) electrons. The number of amides is 2. The van der Waals surface area contributed by atoms with Crippen LogP contribution in [-0.2, 0) is 25.7 Å². The Morgan fingerprint density at radius 3 is 2.44 bits per heavy atom. The van der Waals surface area contributed by atoms with Gasteiger partial charge in [-0.2, -0.15) is 0 Å². The van der Waals surface area contributed by atoms with Gasteiger partial charge in [0, 0.05) is 25.9 Å². The third kappa shape index (κ3) is 8.96. The van der Waals surface area contributed by atoms with Gasteiger partial charge < -0.3 is 20.1 Å². The molecule has 2 aromatic carbocycles. The van der Waals surface area contributed by atoms with Crippen LogP contribution in [0.25, 0.3) is 0 Å². The number of benzene rings is 2. The minimum atomic E-state index is -0.587. The Bertz CT molecular complexity index is 993. The Labute approximate surface area is 213 Å². The molecular weight excluding hydrogens is 456 g/mol. The molecule has 2 N–H and O–H groups in total. The summed E-state index contributed by atoms with van der Waals surface area (Å²) in [5.74, 6) is -1.32. The Morgan fingerprint density at radius 2 is 1.72 bits per heavy atom. The lowest BCUT2D eigenvalue weighted by molar-refractivity contribution is -0.145. The molecule has 2 amide bonds. The number of aliphatic hydroxyl groups is 1. The van der Waals surface area contributed by atoms with Gasteiger partial charge in [0.15, 0.2) is 0 Å². The molecule has 0 bridgehead atoms. The summed E-state index contributed by atoms with van der Waals surface area (Å²) in [5, 5.41) is 12.5. The van der Waals surface area contributed by atoms with Gasteiger partial charge in [0.1, 0.15) is 6.61 Å². The molecule has 1 aliphatic rings. The van der Waals surface area contributed by atoms with Crippen LogP contribution in [0.1, 0.15) is 55.7 Å². The highest BCUT2D eigenvalue weighted by Crippen LogP contribution is 2.20. The molecule has 0 unspecified atom stereocenters. The molecule has 192 valence electrons. The van der Waals surface area contributed by atoms with Crippen LogP contribution >= 0.6 is 0 Å². The fourth-order valence-corrected chi connectivity index (χ4v) is 4.19. The highest BCUT2D eigenvalue weighted by atomic mass is 16.5. The van der Waals surface area contributed by atoms with E-state index in [1.54, 1.807) is 4.90 Å². The summed E-state index contributed by atoms with van der Waals surface area (Å²) in [7, 11) is 0. The number of nitrogens with one attached hydrogen (secondary N) is 1. The van der Waals surface area contributed by atoms with Gasteiger partial charge in [0.25, 0.3) is 0 Å². The Kier molecular flexibility index (Phi) is 11.2. The van der Waals surface area contributed by atoms with Crippen LogP contribution in [0.4, 0.5) is 0 Å². The van der Waals surface area contributed by atoms with Crippen LogP contribution in [0, 0.1) is 5.92 Å². The van der Waals surface area contributed by atoms with Crippen LogP contribution in [-0.4, -0.2) is 47.5 Å². The standard InChI is InChI=1S/C29H36N2O5/c32-19-18-31(21-23-12-6-4-7-13-23)27(33)20-25-16-8-2-1-3-11-17-28(34)36-22-26(30-29(25)35)24-14-9-5-10-15-24/h2,4-10,12-15,25-26,32H,1,3,11,16-22H2,(H,30,35)/t25-,26-/m1/s1. The molecule has 0 saturated carbocycles. The second kappa shape index (κ2) is 14.8. The van der Waals surface area contributed by atoms with E-state index in [0.29, 0.717) is 19.4 Å². The maximum absolute atomic E-state index is 13.4. The molecule has 36 heavy (non-hydrogen) atoms. The number of aliphatic hydroxyl groups excluding tert-OH is 1. The van der Waals surface area contributed by atoms with E-state index in [1.165, 1.54) is 0 Å². The van der Waals surface area contributed by atoms with Crippen molar-refractivity contribution >= 4 is 17.8 Å². The zero-order chi connectivity index (χ0) is 25.6. The quantitative estimate of drug-likeness (QED) is 0.451. The number of ether oxygens (including phenoxy) is 1. The van der Waals surface area contributed by atoms with Crippen molar-refractivity contribution in [3.63, 3.8) is 0 Å². The van der Waals surface area contributed by atoms with Crippen LogP contribution in [0.5, 0.6) is 0 Å². The van der Waals surface area contributed by atoms with E-state index in [2.05, 4.69) is 5.32 Å². The number of carbonyl (C=O) groups is 3. The van der Waals surface area contributed by atoms with Crippen LogP contribution < -0.4 is 5.32 Å². The topological polar surface area (TPSA) is 95.9 Å². The first-order valence-corrected chi connectivity index (χ1v) is 12.7. The number of nitrogens with zero attached hydrogens (tertiary/aromatic N) is 1. The normalized spacial score (nSPS) is 19.6. The average Bonchev–Trinajstić information content (AvgIpc) is 2.90. The van der Waals surface area contributed by atoms with Gasteiger partial charge in [0.2, 0.25) is 11.8 Å². The van der Waals surface area contributed by atoms with Gasteiger partial charge >= 0.3 is 5.97 Å². The summed E-state index contributed by atoms with van der Waals surface area (Å²) >= 11 is 0. The third-order valence-electron chi connectivity index (χ3n) is 6.25. The average molecular weight is 493 g/mol. The van der Waals surface area contributed by atoms with Crippen molar-refractivity contribution in [2.75, 3.05) is 19.8 Å². The van der Waals surface area contributed by atoms with Crippen molar-refractivity contribution in [1.29, 1.82) is 0 Å². The number of cyclic esters (lactones) is 1. The maximum atomic E-state index is 13.4. The molecule has 0 aliphatic carbocycles. The fourth-order valence-electron chi connectivity index (χ4n) is 4.19. The molecule has 0 fully saturated rings. The predicted molar refractivity (Wildman–Crippen MR) is 138 cm³/mol. The van der Waals surface area contributed by atoms with E-state index in [0.717, 1.165) is 30.4 Å². The van der Waals surface area contributed by atoms with Crippen molar-refractivity contribution in [1.82, 2.24) is 10.2 Å². The largest absolute Gasteiger partial charge is 0.463 e. The number of hydrogen-bond acceptors (Lipinski definition) is 5. The van der Waals surface area contributed by atoms with Gasteiger partial charge in [-0.15, -0.1) is 0 Å². The first-order valence-electron chi connectivity index (χ1n) is 12.7. The molecule has 0 saturated heterocycles. The van der Waals surface area contributed by atoms with E-state index in [9.17, 15) is 19.5 Å². The molecule has 1 aliphatic heterocycles. The summed E-state index contributed by atoms with van der Waals surface area (Å²) < 4.78 is 5.48. The second-order valence-corrected chi connectivity index (χ2v) is 9.03. The van der Waals surface area contributed by atoms with E-state index in [-0.39, 0.29) is 44.0 Å². The van der Waals surface area contributed by atoms with Gasteiger partial charge in [0.05, 0.1) is 18.6 Å². The second-order valence-electron chi connectivity index (χ2n) is 9.03. The SMILES string of the molecule is O=C1CCCCC=CC[C@H](CC(=O)N(CCO)Cc2ccccc2)C(=O)N[C@@H](c2ccccc2)CO1. The number of esters is 1. The van der Waals surface area contributed by atoms with E-state index in [1.807, 2.05) is 72.8 Å². The lowest BCUT2D eigenvalue weighted by Crippen LogP contribution is -2.40. The lowest BCUT2D eigenvalue weighted by atomic mass is 9.97. The van der Waals surface area contributed by atoms with E-state index < -0.39 is 12.0 Å². The first-order chi connectivity index (χ1) is 17.6. The van der Waals surface area contributed by atoms with E-state index in [4.69, 9.17) is 4.74 Å². The van der Waals surface area contributed by atoms with Crippen molar-refractivity contribution in [2.24, 2.45) is 5.92 Å². The number of carbonyl (C=O) groups excluding carboxylic acids is 3. The van der Waals surface area contributed by atoms with Crippen molar-refractivity contribution in [3.8, 4) is 0 Å². The van der Waals surface area contributed by atoms with Crippen molar-refractivity contribution in [2.45, 2.75) is 51.1 Å². The first kappa shape index (κ1) is 27.1. The van der Waals surface area contributed by atoms with Gasteiger partial charge in [-0.05, 0) is 36.8 Å². The summed E-state index contributed by atoms with van der Waals surface area (Å²) in [6.07, 6.45) is 7.14. The lowest BCUT2D eigenvalue weighted by Gasteiger charge is -2.26. The highest BCUT2D eigenvalue weighted by Gasteiger charge is 2.27. The molecule has 2 atom stereocenters. The summed E-state index contributed by atoms with van der Waals surface area (Å²) in [6, 6.07) is 18.5. The molecule has 7 heteroatoms. The summed E-state index contributed by atoms with van der Waals surface area (Å²) in [4.78, 5) is 40.5. The molecular formula is C29H36N2O5. The highest BCUT2D eigenvalue weighted by molar-refractivity contribution is 5.86. The van der Waals surface area contributed by atoms with Crippen LogP contribution in [0.15, 0.2) is 72.8 Å². The van der Waals surface area contributed by atoms with Crippen molar-refractivity contribution in [3.05, 3.63) is 83.9 Å². The number of allylic oxidation sites excluding steroid dienone is 2. The molecule has 7 nitrogen and oxygen atoms in total. The molecule has 0 aromatic heterocycles. The molecule has 3 rings (SSSR count). The fraction of sp³-hybridized carbons (Fsp3) is 0.414. The minimum absolute atomic E-state index is 0.0182. The maximum Gasteiger partial charge on any atom is 0.305 e.